The quantitative estimate of drug-likeness (QED) is 0.177. The van der Waals surface area contributed by atoms with E-state index < -0.39 is 126 Å². The summed E-state index contributed by atoms with van der Waals surface area (Å²) in [5.41, 5.74) is -0.222. The predicted octanol–water partition coefficient (Wildman–Crippen LogP) is 12.6. The minimum absolute atomic E-state index is 0.0768. The van der Waals surface area contributed by atoms with Crippen molar-refractivity contribution in [3.05, 3.63) is 188 Å². The van der Waals surface area contributed by atoms with E-state index in [2.05, 4.69) is 0 Å². The van der Waals surface area contributed by atoms with Crippen molar-refractivity contribution in [2.75, 3.05) is 0 Å². The summed E-state index contributed by atoms with van der Waals surface area (Å²) in [6.07, 6.45) is 0. The van der Waals surface area contributed by atoms with Crippen molar-refractivity contribution in [3.63, 3.8) is 0 Å². The number of fused-ring (bicyclic) bond motifs is 9. The van der Waals surface area contributed by atoms with E-state index in [0.29, 0.717) is 27.5 Å². The summed E-state index contributed by atoms with van der Waals surface area (Å²) >= 11 is 0. The number of hydrogen-bond donors (Lipinski definition) is 0. The second-order valence-corrected chi connectivity index (χ2v) is 11.9. The van der Waals surface area contributed by atoms with Gasteiger partial charge in [-0.1, -0.05) is 103 Å². The van der Waals surface area contributed by atoms with Crippen LogP contribution in [0.15, 0.2) is 188 Å². The Kier molecular flexibility index (Phi) is 3.26. The number of nitrogens with zero attached hydrogens (tertiary/aromatic N) is 3. The highest BCUT2D eigenvalue weighted by Crippen LogP contribution is 2.40. The molecule has 0 N–H and O–H groups in total. The van der Waals surface area contributed by atoms with Gasteiger partial charge in [-0.25, -0.2) is 0 Å². The molecule has 3 nitrogen and oxygen atoms in total. The van der Waals surface area contributed by atoms with Gasteiger partial charge in [-0.15, -0.1) is 0 Å². The molecular weight excluding hydrogens is 619 g/mol. The molecule has 0 amide bonds. The molecule has 3 heterocycles. The molecule has 3 heteroatoms. The van der Waals surface area contributed by atoms with Crippen molar-refractivity contribution in [1.29, 1.82) is 0 Å². The molecule has 0 unspecified atom stereocenters. The molecular formula is C48H31N3. The Morgan fingerprint density at radius 2 is 0.843 bits per heavy atom. The topological polar surface area (TPSA) is 14.8 Å². The van der Waals surface area contributed by atoms with Gasteiger partial charge in [-0.05, 0) is 95.9 Å². The maximum atomic E-state index is 9.90. The Balaban J connectivity index is 1.27. The maximum Gasteiger partial charge on any atom is 0.0645 e. The van der Waals surface area contributed by atoms with Crippen LogP contribution in [-0.4, -0.2) is 13.7 Å². The second kappa shape index (κ2) is 10.8. The molecule has 51 heavy (non-hydrogen) atoms. The number of benzene rings is 8. The fourth-order valence-electron chi connectivity index (χ4n) is 7.07. The molecule has 0 atom stereocenters. The Morgan fingerprint density at radius 1 is 0.314 bits per heavy atom. The van der Waals surface area contributed by atoms with E-state index >= 15 is 0 Å². The van der Waals surface area contributed by atoms with Gasteiger partial charge < -0.3 is 13.7 Å². The van der Waals surface area contributed by atoms with Crippen LogP contribution in [0.4, 0.5) is 0 Å². The van der Waals surface area contributed by atoms with Gasteiger partial charge in [0.05, 0.1) is 59.1 Å². The third-order valence-corrected chi connectivity index (χ3v) is 9.20. The fourth-order valence-corrected chi connectivity index (χ4v) is 7.07. The molecule has 238 valence electrons. The van der Waals surface area contributed by atoms with Crippen LogP contribution in [0.3, 0.4) is 0 Å². The van der Waals surface area contributed by atoms with Gasteiger partial charge in [0.15, 0.2) is 0 Å². The van der Waals surface area contributed by atoms with Gasteiger partial charge >= 0.3 is 0 Å². The van der Waals surface area contributed by atoms with E-state index in [0.717, 1.165) is 0 Å². The van der Waals surface area contributed by atoms with Crippen LogP contribution < -0.4 is 0 Å². The molecule has 0 saturated carbocycles. The lowest BCUT2D eigenvalue weighted by molar-refractivity contribution is 1.17. The summed E-state index contributed by atoms with van der Waals surface area (Å²) in [4.78, 5) is 0. The number of aromatic nitrogens is 3. The first-order chi connectivity index (χ1) is 33.2. The van der Waals surface area contributed by atoms with Gasteiger partial charge in [-0.2, -0.15) is 0 Å². The summed E-state index contributed by atoms with van der Waals surface area (Å²) in [7, 11) is 0. The van der Waals surface area contributed by atoms with Crippen molar-refractivity contribution < 1.29 is 26.0 Å². The Labute approximate surface area is 321 Å². The highest BCUT2D eigenvalue weighted by molar-refractivity contribution is 6.14. The highest BCUT2D eigenvalue weighted by atomic mass is 15.0. The van der Waals surface area contributed by atoms with Crippen LogP contribution in [0, 0.1) is 0 Å². The molecule has 8 aromatic carbocycles. The molecule has 3 aromatic heterocycles. The van der Waals surface area contributed by atoms with Crippen LogP contribution in [0.2, 0.25) is 0 Å². The van der Waals surface area contributed by atoms with Crippen LogP contribution in [0.25, 0.3) is 93.6 Å². The summed E-state index contributed by atoms with van der Waals surface area (Å²) in [5.74, 6) is 0. The van der Waals surface area contributed by atoms with Gasteiger partial charge in [-0.3, -0.25) is 0 Å². The van der Waals surface area contributed by atoms with E-state index in [1.54, 1.807) is 72.8 Å². The normalized spacial score (nSPS) is 17.1. The van der Waals surface area contributed by atoms with Gasteiger partial charge in [0, 0.05) is 49.4 Å². The number of para-hydroxylation sites is 5. The monoisotopic (exact) mass is 668 g/mol. The zero-order valence-electron chi connectivity index (χ0n) is 45.3. The van der Waals surface area contributed by atoms with E-state index in [1.807, 2.05) is 0 Å². The summed E-state index contributed by atoms with van der Waals surface area (Å²) in [5, 5.41) is 0.256. The average Bonchev–Trinajstić information content (AvgIpc) is 4.02. The lowest BCUT2D eigenvalue weighted by Crippen LogP contribution is -1.95. The molecule has 11 aromatic rings. The molecule has 0 fully saturated rings. The van der Waals surface area contributed by atoms with Gasteiger partial charge in [0.1, 0.15) is 0 Å². The van der Waals surface area contributed by atoms with Crippen LogP contribution >= 0.6 is 0 Å². The maximum absolute atomic E-state index is 9.90. The molecule has 0 aliphatic heterocycles. The zero-order chi connectivity index (χ0) is 50.0. The first-order valence-electron chi connectivity index (χ1n) is 25.5. The largest absolute Gasteiger partial charge is 0.309 e. The smallest absolute Gasteiger partial charge is 0.0645 e. The Hall–Kier alpha value is -6.84. The first-order valence-corrected chi connectivity index (χ1v) is 16.0. The minimum Gasteiger partial charge on any atom is -0.309 e. The fraction of sp³-hybridized carbons (Fsp3) is 0. The lowest BCUT2D eigenvalue weighted by atomic mass is 10.0. The predicted molar refractivity (Wildman–Crippen MR) is 215 cm³/mol. The van der Waals surface area contributed by atoms with Gasteiger partial charge in [0.2, 0.25) is 0 Å². The molecule has 0 bridgehead atoms. The minimum atomic E-state index is -0.704. The molecule has 0 saturated heterocycles. The zero-order valence-corrected chi connectivity index (χ0v) is 26.3. The van der Waals surface area contributed by atoms with Crippen LogP contribution in [0.1, 0.15) is 26.0 Å². The average molecular weight is 669 g/mol. The van der Waals surface area contributed by atoms with Crippen molar-refractivity contribution in [2.24, 2.45) is 0 Å². The van der Waals surface area contributed by atoms with Crippen molar-refractivity contribution in [3.8, 4) is 28.2 Å². The highest BCUT2D eigenvalue weighted by Gasteiger charge is 2.18. The first kappa shape index (κ1) is 15.4. The SMILES string of the molecule is [2H]c1c([2H])c([2H])c(-n2c3ccccc3c3cc(-n4c5c([2H])c([2H])c([2H])c([2H])c5c5c([2H])c(-c6c([2H])c([2H])c7c(c6[2H])c6c([2H])c([2H])c([2H])c([2H])c6n7-c6ccccc6)c([2H])c([2H])c54)ccc32)c([2H])c1[2H]. The third-order valence-electron chi connectivity index (χ3n) is 9.20. The molecule has 0 radical (unpaired) electrons. The van der Waals surface area contributed by atoms with Crippen LogP contribution in [0.5, 0.6) is 0 Å². The lowest BCUT2D eigenvalue weighted by Gasteiger charge is -2.11. The number of hydrogen-bond acceptors (Lipinski definition) is 0. The second-order valence-electron chi connectivity index (χ2n) is 11.9. The van der Waals surface area contributed by atoms with Crippen LogP contribution in [-0.2, 0) is 0 Å². The molecule has 0 aliphatic carbocycles. The molecule has 0 aliphatic rings. The van der Waals surface area contributed by atoms with Crippen molar-refractivity contribution >= 4 is 65.4 Å². The number of rotatable bonds is 4. The van der Waals surface area contributed by atoms with E-state index in [1.165, 1.54) is 13.7 Å². The summed E-state index contributed by atoms with van der Waals surface area (Å²) < 4.78 is 176. The van der Waals surface area contributed by atoms with Crippen molar-refractivity contribution in [1.82, 2.24) is 13.7 Å². The van der Waals surface area contributed by atoms with E-state index in [4.69, 9.17) is 15.1 Å². The van der Waals surface area contributed by atoms with Gasteiger partial charge in [0.25, 0.3) is 0 Å². The van der Waals surface area contributed by atoms with Crippen molar-refractivity contribution in [2.45, 2.75) is 0 Å². The summed E-state index contributed by atoms with van der Waals surface area (Å²) in [6.45, 7) is 0. The summed E-state index contributed by atoms with van der Waals surface area (Å²) in [6, 6.07) is 9.11. The molecule has 0 spiro atoms. The van der Waals surface area contributed by atoms with E-state index in [-0.39, 0.29) is 55.0 Å². The Bertz CT molecular complexity index is 4200. The van der Waals surface area contributed by atoms with E-state index in [9.17, 15) is 11.0 Å². The third kappa shape index (κ3) is 4.12. The standard InChI is InChI=1S/C48H31N3/c1-3-13-34(14-4-1)49-43-20-10-7-17-37(43)40-29-32(23-26-46(40)49)33-24-27-47-41(30-33)38-18-8-12-22-45(38)51(47)36-25-28-48-42(31-36)39-19-9-11-21-44(39)50(48)35-15-5-2-6-16-35/h1-31H/i2D,5D,6D,7D,8D,10D,12D,15D,16D,17D,18D,20D,22D,23D,24D,26D,27D,29D,30D. The molecule has 11 rings (SSSR count). The Morgan fingerprint density at radius 3 is 1.53 bits per heavy atom.